The normalized spacial score (nSPS) is 30.6. The number of hydrogen-bond acceptors (Lipinski definition) is 2. The second-order valence-electron chi connectivity index (χ2n) is 7.34. The first-order chi connectivity index (χ1) is 9.57. The van der Waals surface area contributed by atoms with Crippen LogP contribution < -0.4 is 0 Å². The molecule has 2 atom stereocenters. The van der Waals surface area contributed by atoms with E-state index in [1.165, 1.54) is 30.4 Å². The van der Waals surface area contributed by atoms with E-state index in [2.05, 4.69) is 43.0 Å². The summed E-state index contributed by atoms with van der Waals surface area (Å²) in [6.45, 7) is 6.98. The number of benzene rings is 1. The first-order valence-electron chi connectivity index (χ1n) is 8.07. The Morgan fingerprint density at radius 2 is 2.00 bits per heavy atom. The highest BCUT2D eigenvalue weighted by Crippen LogP contribution is 2.36. The molecule has 20 heavy (non-hydrogen) atoms. The lowest BCUT2D eigenvalue weighted by Crippen LogP contribution is -2.48. The van der Waals surface area contributed by atoms with Gasteiger partial charge in [0.05, 0.1) is 6.10 Å². The number of likely N-dealkylation sites (tertiary alicyclic amines) is 1. The van der Waals surface area contributed by atoms with E-state index in [-0.39, 0.29) is 6.10 Å². The van der Waals surface area contributed by atoms with Crippen molar-refractivity contribution in [1.82, 2.24) is 4.90 Å². The highest BCUT2D eigenvalue weighted by atomic mass is 16.3. The Hall–Kier alpha value is -0.860. The molecular formula is C18H27NO. The lowest BCUT2D eigenvalue weighted by Gasteiger charge is -2.43. The van der Waals surface area contributed by atoms with Gasteiger partial charge in [0.1, 0.15) is 0 Å². The summed E-state index contributed by atoms with van der Waals surface area (Å²) in [5.74, 6) is 0. The Morgan fingerprint density at radius 1 is 1.20 bits per heavy atom. The second-order valence-corrected chi connectivity index (χ2v) is 7.34. The van der Waals surface area contributed by atoms with Crippen LogP contribution in [0.15, 0.2) is 24.3 Å². The van der Waals surface area contributed by atoms with Gasteiger partial charge in [0.25, 0.3) is 0 Å². The van der Waals surface area contributed by atoms with Gasteiger partial charge in [0, 0.05) is 12.6 Å². The number of aryl methyl sites for hydroxylation is 1. The van der Waals surface area contributed by atoms with Gasteiger partial charge in [0.2, 0.25) is 0 Å². The maximum atomic E-state index is 10.9. The summed E-state index contributed by atoms with van der Waals surface area (Å²) in [6, 6.07) is 8.76. The number of aliphatic hydroxyl groups excluding tert-OH is 1. The highest BCUT2D eigenvalue weighted by Gasteiger charge is 2.35. The molecule has 1 saturated heterocycles. The molecule has 3 rings (SSSR count). The van der Waals surface area contributed by atoms with Gasteiger partial charge < -0.3 is 5.11 Å². The van der Waals surface area contributed by atoms with E-state index < -0.39 is 0 Å². The van der Waals surface area contributed by atoms with Gasteiger partial charge in [-0.3, -0.25) is 4.90 Å². The summed E-state index contributed by atoms with van der Waals surface area (Å²) >= 11 is 0. The van der Waals surface area contributed by atoms with Gasteiger partial charge in [-0.25, -0.2) is 0 Å². The van der Waals surface area contributed by atoms with Gasteiger partial charge in [-0.2, -0.15) is 0 Å². The van der Waals surface area contributed by atoms with Crippen LogP contribution in [0, 0.1) is 5.41 Å². The van der Waals surface area contributed by atoms with Crippen LogP contribution in [0.4, 0.5) is 0 Å². The summed E-state index contributed by atoms with van der Waals surface area (Å²) in [6.07, 6.45) is 5.67. The lowest BCUT2D eigenvalue weighted by atomic mass is 9.82. The highest BCUT2D eigenvalue weighted by molar-refractivity contribution is 5.31. The van der Waals surface area contributed by atoms with Crippen LogP contribution >= 0.6 is 0 Å². The molecule has 2 heteroatoms. The number of aliphatic hydroxyl groups is 1. The Bertz CT molecular complexity index is 468. The van der Waals surface area contributed by atoms with Gasteiger partial charge in [-0.05, 0) is 55.2 Å². The van der Waals surface area contributed by atoms with Crippen molar-refractivity contribution in [3.05, 3.63) is 35.4 Å². The third-order valence-electron chi connectivity index (χ3n) is 5.08. The molecule has 1 aliphatic heterocycles. The van der Waals surface area contributed by atoms with Crippen LogP contribution in [-0.2, 0) is 6.42 Å². The molecule has 2 aliphatic rings. The molecule has 1 aliphatic carbocycles. The van der Waals surface area contributed by atoms with E-state index >= 15 is 0 Å². The number of piperidine rings is 1. The Morgan fingerprint density at radius 3 is 2.80 bits per heavy atom. The number of rotatable bonds is 1. The van der Waals surface area contributed by atoms with E-state index in [0.717, 1.165) is 25.9 Å². The maximum Gasteiger partial charge on any atom is 0.0947 e. The van der Waals surface area contributed by atoms with Crippen molar-refractivity contribution >= 4 is 0 Å². The first kappa shape index (κ1) is 14.1. The minimum Gasteiger partial charge on any atom is -0.387 e. The predicted molar refractivity (Wildman–Crippen MR) is 82.7 cm³/mol. The van der Waals surface area contributed by atoms with Gasteiger partial charge in [0.15, 0.2) is 0 Å². The summed E-state index contributed by atoms with van der Waals surface area (Å²) in [5.41, 5.74) is 2.90. The molecule has 0 bridgehead atoms. The van der Waals surface area contributed by atoms with Crippen molar-refractivity contribution in [1.29, 1.82) is 0 Å². The van der Waals surface area contributed by atoms with Crippen molar-refractivity contribution in [2.45, 2.75) is 58.1 Å². The molecule has 2 unspecified atom stereocenters. The molecule has 0 amide bonds. The van der Waals surface area contributed by atoms with Crippen molar-refractivity contribution in [3.8, 4) is 0 Å². The molecule has 1 heterocycles. The van der Waals surface area contributed by atoms with Crippen LogP contribution in [0.25, 0.3) is 0 Å². The topological polar surface area (TPSA) is 23.5 Å². The summed E-state index contributed by atoms with van der Waals surface area (Å²) in [4.78, 5) is 2.55. The summed E-state index contributed by atoms with van der Waals surface area (Å²) in [7, 11) is 0. The monoisotopic (exact) mass is 273 g/mol. The molecule has 1 fully saturated rings. The van der Waals surface area contributed by atoms with Crippen molar-refractivity contribution < 1.29 is 5.11 Å². The van der Waals surface area contributed by atoms with Gasteiger partial charge >= 0.3 is 0 Å². The maximum absolute atomic E-state index is 10.9. The molecule has 110 valence electrons. The molecule has 0 saturated carbocycles. The van der Waals surface area contributed by atoms with E-state index in [9.17, 15) is 5.11 Å². The number of fused-ring (bicyclic) bond motifs is 1. The molecule has 1 aromatic carbocycles. The van der Waals surface area contributed by atoms with Crippen molar-refractivity contribution in [3.63, 3.8) is 0 Å². The third-order valence-corrected chi connectivity index (χ3v) is 5.08. The molecule has 0 radical (unpaired) electrons. The Kier molecular flexibility index (Phi) is 3.87. The van der Waals surface area contributed by atoms with Gasteiger partial charge in [-0.1, -0.05) is 38.1 Å². The van der Waals surface area contributed by atoms with E-state index in [1.54, 1.807) is 0 Å². The smallest absolute Gasteiger partial charge is 0.0947 e. The Balaban J connectivity index is 1.83. The minimum absolute atomic E-state index is 0.304. The zero-order valence-corrected chi connectivity index (χ0v) is 12.8. The summed E-state index contributed by atoms with van der Waals surface area (Å²) < 4.78 is 0. The Labute approximate surface area is 122 Å². The fourth-order valence-corrected chi connectivity index (χ4v) is 4.05. The fourth-order valence-electron chi connectivity index (χ4n) is 4.05. The SMILES string of the molecule is CC1(C)CCCN(C2CCCc3ccccc3C2O)C1. The van der Waals surface area contributed by atoms with Gasteiger partial charge in [-0.15, -0.1) is 0 Å². The van der Waals surface area contributed by atoms with Crippen LogP contribution in [0.2, 0.25) is 0 Å². The molecule has 0 aromatic heterocycles. The zero-order valence-electron chi connectivity index (χ0n) is 12.8. The third kappa shape index (κ3) is 2.77. The molecule has 2 nitrogen and oxygen atoms in total. The average molecular weight is 273 g/mol. The zero-order chi connectivity index (χ0) is 14.2. The second kappa shape index (κ2) is 5.50. The quantitative estimate of drug-likeness (QED) is 0.791. The van der Waals surface area contributed by atoms with E-state index in [4.69, 9.17) is 0 Å². The standard InChI is InChI=1S/C18H27NO/c1-18(2)11-6-12-19(13-18)16-10-5-8-14-7-3-4-9-15(14)17(16)20/h3-4,7,9,16-17,20H,5-6,8,10-13H2,1-2H3. The van der Waals surface area contributed by atoms with Crippen LogP contribution in [-0.4, -0.2) is 29.1 Å². The fraction of sp³-hybridized carbons (Fsp3) is 0.667. The summed E-state index contributed by atoms with van der Waals surface area (Å²) in [5, 5.41) is 10.9. The number of nitrogens with zero attached hydrogens (tertiary/aromatic N) is 1. The van der Waals surface area contributed by atoms with Crippen molar-refractivity contribution in [2.24, 2.45) is 5.41 Å². The van der Waals surface area contributed by atoms with Crippen LogP contribution in [0.5, 0.6) is 0 Å². The molecule has 1 aromatic rings. The lowest BCUT2D eigenvalue weighted by molar-refractivity contribution is 0.00265. The average Bonchev–Trinajstić information content (AvgIpc) is 2.58. The molecular weight excluding hydrogens is 246 g/mol. The van der Waals surface area contributed by atoms with Crippen molar-refractivity contribution in [2.75, 3.05) is 13.1 Å². The first-order valence-corrected chi connectivity index (χ1v) is 8.07. The molecule has 1 N–H and O–H groups in total. The van der Waals surface area contributed by atoms with E-state index in [0.29, 0.717) is 11.5 Å². The number of hydrogen-bond donors (Lipinski definition) is 1. The predicted octanol–water partition coefficient (Wildman–Crippen LogP) is 3.55. The molecule has 0 spiro atoms. The van der Waals surface area contributed by atoms with Crippen LogP contribution in [0.3, 0.4) is 0 Å². The van der Waals surface area contributed by atoms with E-state index in [1.807, 2.05) is 0 Å². The van der Waals surface area contributed by atoms with Crippen LogP contribution in [0.1, 0.15) is 56.8 Å². The minimum atomic E-state index is -0.317. The largest absolute Gasteiger partial charge is 0.387 e.